The van der Waals surface area contributed by atoms with Crippen LogP contribution >= 0.6 is 11.3 Å². The largest absolute Gasteiger partial charge is 0.383 e. The standard InChI is InChI=1S/C16H16N6S/c1-8(2)22-6-10(13-14(17)19-7-20-15(13)22)9-3-4-11-12(5-9)23-16(18)21-11/h3-8H,1-2H3,(H2,18,21)(H2,17,19,20). The lowest BCUT2D eigenvalue weighted by molar-refractivity contribution is 0.618. The number of hydrogen-bond donors (Lipinski definition) is 2. The Morgan fingerprint density at radius 2 is 2.00 bits per heavy atom. The first-order chi connectivity index (χ1) is 11.0. The predicted molar refractivity (Wildman–Crippen MR) is 95.4 cm³/mol. The lowest BCUT2D eigenvalue weighted by Crippen LogP contribution is -2.00. The van der Waals surface area contributed by atoms with Gasteiger partial charge in [-0.2, -0.15) is 0 Å². The molecule has 0 radical (unpaired) electrons. The first kappa shape index (κ1) is 14.0. The van der Waals surface area contributed by atoms with Crippen LogP contribution in [0.3, 0.4) is 0 Å². The Morgan fingerprint density at radius 3 is 2.78 bits per heavy atom. The number of aromatic nitrogens is 4. The Morgan fingerprint density at radius 1 is 1.17 bits per heavy atom. The summed E-state index contributed by atoms with van der Waals surface area (Å²) in [6.45, 7) is 4.24. The summed E-state index contributed by atoms with van der Waals surface area (Å²) >= 11 is 1.48. The highest BCUT2D eigenvalue weighted by molar-refractivity contribution is 7.22. The zero-order valence-electron chi connectivity index (χ0n) is 12.8. The molecule has 0 fully saturated rings. The number of benzene rings is 1. The van der Waals surface area contributed by atoms with Crippen molar-refractivity contribution in [1.29, 1.82) is 0 Å². The van der Waals surface area contributed by atoms with E-state index in [9.17, 15) is 0 Å². The normalized spacial score (nSPS) is 11.8. The van der Waals surface area contributed by atoms with Crippen LogP contribution in [-0.4, -0.2) is 19.5 Å². The van der Waals surface area contributed by atoms with Crippen molar-refractivity contribution in [1.82, 2.24) is 19.5 Å². The van der Waals surface area contributed by atoms with Crippen molar-refractivity contribution in [3.8, 4) is 11.1 Å². The van der Waals surface area contributed by atoms with Crippen molar-refractivity contribution in [3.05, 3.63) is 30.7 Å². The van der Waals surface area contributed by atoms with Gasteiger partial charge in [-0.1, -0.05) is 17.4 Å². The van der Waals surface area contributed by atoms with Gasteiger partial charge in [-0.25, -0.2) is 15.0 Å². The van der Waals surface area contributed by atoms with Gasteiger partial charge in [-0.05, 0) is 31.5 Å². The molecule has 116 valence electrons. The second kappa shape index (κ2) is 4.92. The van der Waals surface area contributed by atoms with Crippen LogP contribution in [0.5, 0.6) is 0 Å². The summed E-state index contributed by atoms with van der Waals surface area (Å²) in [5.41, 5.74) is 15.8. The van der Waals surface area contributed by atoms with Gasteiger partial charge in [-0.15, -0.1) is 0 Å². The highest BCUT2D eigenvalue weighted by Crippen LogP contribution is 2.36. The monoisotopic (exact) mass is 324 g/mol. The molecular weight excluding hydrogens is 308 g/mol. The molecule has 0 aliphatic rings. The van der Waals surface area contributed by atoms with Crippen LogP contribution in [0.2, 0.25) is 0 Å². The van der Waals surface area contributed by atoms with E-state index in [0.717, 1.165) is 32.4 Å². The Labute approximate surface area is 136 Å². The molecule has 0 saturated carbocycles. The van der Waals surface area contributed by atoms with E-state index in [1.807, 2.05) is 12.1 Å². The number of nitrogens with zero attached hydrogens (tertiary/aromatic N) is 4. The molecule has 6 nitrogen and oxygen atoms in total. The molecule has 0 aliphatic carbocycles. The summed E-state index contributed by atoms with van der Waals surface area (Å²) in [7, 11) is 0. The lowest BCUT2D eigenvalue weighted by atomic mass is 10.1. The van der Waals surface area contributed by atoms with Gasteiger partial charge in [-0.3, -0.25) is 0 Å². The molecule has 1 aromatic carbocycles. The topological polar surface area (TPSA) is 95.6 Å². The number of anilines is 2. The fraction of sp³-hybridized carbons (Fsp3) is 0.188. The first-order valence-electron chi connectivity index (χ1n) is 7.32. The number of fused-ring (bicyclic) bond motifs is 2. The van der Waals surface area contributed by atoms with Crippen molar-refractivity contribution in [2.75, 3.05) is 11.5 Å². The van der Waals surface area contributed by atoms with Crippen LogP contribution in [0.15, 0.2) is 30.7 Å². The Balaban J connectivity index is 2.03. The average molecular weight is 324 g/mol. The Kier molecular flexibility index (Phi) is 2.99. The van der Waals surface area contributed by atoms with E-state index in [2.05, 4.69) is 45.6 Å². The summed E-state index contributed by atoms with van der Waals surface area (Å²) in [5, 5.41) is 1.46. The third-order valence-corrected chi connectivity index (χ3v) is 4.76. The average Bonchev–Trinajstić information content (AvgIpc) is 3.06. The second-order valence-electron chi connectivity index (χ2n) is 5.74. The summed E-state index contributed by atoms with van der Waals surface area (Å²) in [4.78, 5) is 12.9. The Bertz CT molecular complexity index is 1030. The zero-order valence-corrected chi connectivity index (χ0v) is 13.6. The van der Waals surface area contributed by atoms with Crippen LogP contribution in [0.4, 0.5) is 10.9 Å². The number of thiazole rings is 1. The molecule has 0 saturated heterocycles. The van der Waals surface area contributed by atoms with Gasteiger partial charge in [0.2, 0.25) is 0 Å². The quantitative estimate of drug-likeness (QED) is 0.589. The van der Waals surface area contributed by atoms with Crippen molar-refractivity contribution < 1.29 is 0 Å². The van der Waals surface area contributed by atoms with Crippen LogP contribution in [-0.2, 0) is 0 Å². The van der Waals surface area contributed by atoms with Gasteiger partial charge in [0.05, 0.1) is 15.6 Å². The number of nitrogen functional groups attached to an aromatic ring is 2. The van der Waals surface area contributed by atoms with E-state index >= 15 is 0 Å². The fourth-order valence-corrected chi connectivity index (χ4v) is 3.60. The van der Waals surface area contributed by atoms with Crippen LogP contribution < -0.4 is 11.5 Å². The highest BCUT2D eigenvalue weighted by atomic mass is 32.1. The SMILES string of the molecule is CC(C)n1cc(-c2ccc3nc(N)sc3c2)c2c(N)ncnc21. The van der Waals surface area contributed by atoms with E-state index in [1.54, 1.807) is 0 Å². The summed E-state index contributed by atoms with van der Waals surface area (Å²) < 4.78 is 3.18. The predicted octanol–water partition coefficient (Wildman–Crippen LogP) is 3.45. The van der Waals surface area contributed by atoms with Gasteiger partial charge in [0.1, 0.15) is 17.8 Å². The van der Waals surface area contributed by atoms with Crippen molar-refractivity contribution in [3.63, 3.8) is 0 Å². The maximum Gasteiger partial charge on any atom is 0.181 e. The molecule has 4 N–H and O–H groups in total. The van der Waals surface area contributed by atoms with Gasteiger partial charge < -0.3 is 16.0 Å². The molecule has 23 heavy (non-hydrogen) atoms. The van der Waals surface area contributed by atoms with E-state index in [0.29, 0.717) is 10.9 Å². The molecule has 0 atom stereocenters. The number of nitrogens with two attached hydrogens (primary N) is 2. The molecule has 7 heteroatoms. The second-order valence-corrected chi connectivity index (χ2v) is 6.80. The van der Waals surface area contributed by atoms with Crippen LogP contribution in [0, 0.1) is 0 Å². The number of rotatable bonds is 2. The van der Waals surface area contributed by atoms with E-state index in [4.69, 9.17) is 11.5 Å². The summed E-state index contributed by atoms with van der Waals surface area (Å²) in [5.74, 6) is 0.494. The molecule has 4 aromatic rings. The van der Waals surface area contributed by atoms with Crippen molar-refractivity contribution in [2.24, 2.45) is 0 Å². The van der Waals surface area contributed by atoms with Crippen LogP contribution in [0.25, 0.3) is 32.4 Å². The molecule has 3 heterocycles. The third-order valence-electron chi connectivity index (χ3n) is 3.91. The van der Waals surface area contributed by atoms with E-state index < -0.39 is 0 Å². The molecule has 0 unspecified atom stereocenters. The highest BCUT2D eigenvalue weighted by Gasteiger charge is 2.17. The Hall–Kier alpha value is -2.67. The maximum absolute atomic E-state index is 6.13. The van der Waals surface area contributed by atoms with Gasteiger partial charge in [0.15, 0.2) is 5.13 Å². The first-order valence-corrected chi connectivity index (χ1v) is 8.13. The fourth-order valence-electron chi connectivity index (χ4n) is 2.83. The molecule has 3 aromatic heterocycles. The lowest BCUT2D eigenvalue weighted by Gasteiger charge is -2.07. The molecule has 0 spiro atoms. The van der Waals surface area contributed by atoms with Gasteiger partial charge >= 0.3 is 0 Å². The maximum atomic E-state index is 6.13. The summed E-state index contributed by atoms with van der Waals surface area (Å²) in [6, 6.07) is 6.39. The molecule has 0 aliphatic heterocycles. The van der Waals surface area contributed by atoms with Gasteiger partial charge in [0, 0.05) is 17.8 Å². The molecule has 0 amide bonds. The molecule has 0 bridgehead atoms. The van der Waals surface area contributed by atoms with Crippen LogP contribution in [0.1, 0.15) is 19.9 Å². The van der Waals surface area contributed by atoms with E-state index in [1.165, 1.54) is 17.7 Å². The van der Waals surface area contributed by atoms with Crippen molar-refractivity contribution in [2.45, 2.75) is 19.9 Å². The molecular formula is C16H16N6S. The number of hydrogen-bond acceptors (Lipinski definition) is 6. The van der Waals surface area contributed by atoms with Crippen molar-refractivity contribution >= 4 is 43.5 Å². The minimum Gasteiger partial charge on any atom is -0.383 e. The summed E-state index contributed by atoms with van der Waals surface area (Å²) in [6.07, 6.45) is 3.60. The third kappa shape index (κ3) is 2.12. The molecule has 4 rings (SSSR count). The minimum atomic E-state index is 0.281. The van der Waals surface area contributed by atoms with E-state index in [-0.39, 0.29) is 6.04 Å². The zero-order chi connectivity index (χ0) is 16.1. The smallest absolute Gasteiger partial charge is 0.181 e. The van der Waals surface area contributed by atoms with Gasteiger partial charge in [0.25, 0.3) is 0 Å². The minimum absolute atomic E-state index is 0.281.